The van der Waals surface area contributed by atoms with E-state index >= 15 is 0 Å². The molecule has 0 radical (unpaired) electrons. The van der Waals surface area contributed by atoms with Crippen LogP contribution in [-0.2, 0) is 18.0 Å². The van der Waals surface area contributed by atoms with Crippen molar-refractivity contribution in [3.63, 3.8) is 0 Å². The van der Waals surface area contributed by atoms with Crippen LogP contribution < -0.4 is 0 Å². The number of rotatable bonds is 5. The molecule has 0 aliphatic carbocycles. The highest BCUT2D eigenvalue weighted by Crippen LogP contribution is 2.35. The van der Waals surface area contributed by atoms with Crippen LogP contribution in [0.1, 0.15) is 0 Å². The molecule has 0 aromatic carbocycles. The summed E-state index contributed by atoms with van der Waals surface area (Å²) in [6.07, 6.45) is 1.35. The van der Waals surface area contributed by atoms with Gasteiger partial charge in [-0.05, 0) is 0 Å². The van der Waals surface area contributed by atoms with Gasteiger partial charge >= 0.3 is 16.5 Å². The maximum absolute atomic E-state index is 10.3. The monoisotopic (exact) mass is 184 g/mol. The molecule has 2 atom stereocenters. The normalized spacial score (nSPS) is 12.5. The maximum Gasteiger partial charge on any atom is 0.748 e. The van der Waals surface area contributed by atoms with Crippen molar-refractivity contribution in [1.29, 1.82) is 0 Å². The Balaban J connectivity index is 3.43. The first-order valence-corrected chi connectivity index (χ1v) is 4.44. The first-order valence-electron chi connectivity index (χ1n) is 2.22. The Hall–Kier alpha value is -0.180. The quantitative estimate of drug-likeness (QED) is 0.517. The van der Waals surface area contributed by atoms with Gasteiger partial charge in [-0.2, -0.15) is 0 Å². The molecular formula is C3H6O5P2+2. The van der Waals surface area contributed by atoms with E-state index in [0.29, 0.717) is 0 Å². The van der Waals surface area contributed by atoms with E-state index in [0.717, 1.165) is 0 Å². The van der Waals surface area contributed by atoms with E-state index < -0.39 is 16.5 Å². The average Bonchev–Trinajstić information content (AvgIpc) is 1.82. The predicted molar refractivity (Wildman–Crippen MR) is 34.7 cm³/mol. The molecule has 0 saturated heterocycles. The summed E-state index contributed by atoms with van der Waals surface area (Å²) < 4.78 is 28.3. The molecule has 0 rings (SSSR count). The summed E-state index contributed by atoms with van der Waals surface area (Å²) in [7, 11) is -5.33. The minimum absolute atomic E-state index is 0.0262. The van der Waals surface area contributed by atoms with E-state index in [9.17, 15) is 9.13 Å². The van der Waals surface area contributed by atoms with Crippen LogP contribution in [0.5, 0.6) is 0 Å². The fraction of sp³-hybridized carbons (Fsp3) is 0.333. The van der Waals surface area contributed by atoms with E-state index in [1.54, 1.807) is 0 Å². The van der Waals surface area contributed by atoms with Crippen molar-refractivity contribution in [2.75, 3.05) is 6.61 Å². The van der Waals surface area contributed by atoms with Crippen molar-refractivity contribution < 1.29 is 22.9 Å². The fourth-order valence-electron chi connectivity index (χ4n) is 0.194. The topological polar surface area (TPSA) is 72.8 Å². The maximum atomic E-state index is 10.3. The van der Waals surface area contributed by atoms with Gasteiger partial charge in [0.15, 0.2) is 4.31 Å². The Bertz CT molecular complexity index is 155. The lowest BCUT2D eigenvalue weighted by Gasteiger charge is -1.73. The predicted octanol–water partition coefficient (Wildman–Crippen LogP) is 1.51. The fourth-order valence-corrected chi connectivity index (χ4v) is 1.07. The molecule has 0 amide bonds. The average molecular weight is 184 g/mol. The second kappa shape index (κ2) is 5.59. The van der Waals surface area contributed by atoms with Gasteiger partial charge in [0.1, 0.15) is 6.61 Å². The van der Waals surface area contributed by atoms with Gasteiger partial charge in [0.05, 0.1) is 0 Å². The molecule has 0 aromatic rings. The van der Waals surface area contributed by atoms with Crippen molar-refractivity contribution in [3.8, 4) is 0 Å². The van der Waals surface area contributed by atoms with Gasteiger partial charge in [0.25, 0.3) is 0 Å². The van der Waals surface area contributed by atoms with Gasteiger partial charge in [-0.25, -0.2) is 0 Å². The highest BCUT2D eigenvalue weighted by atomic mass is 31.2. The third kappa shape index (κ3) is 5.95. The van der Waals surface area contributed by atoms with Crippen molar-refractivity contribution in [3.05, 3.63) is 12.7 Å². The first-order chi connectivity index (χ1) is 4.66. The molecule has 1 N–H and O–H groups in total. The molecule has 10 heavy (non-hydrogen) atoms. The second-order valence-electron chi connectivity index (χ2n) is 1.13. The van der Waals surface area contributed by atoms with Crippen LogP contribution in [0, 0.1) is 0 Å². The lowest BCUT2D eigenvalue weighted by atomic mass is 10.7. The summed E-state index contributed by atoms with van der Waals surface area (Å²) in [5.74, 6) is 0. The zero-order valence-electron chi connectivity index (χ0n) is 4.97. The van der Waals surface area contributed by atoms with Crippen molar-refractivity contribution >= 4 is 16.5 Å². The molecule has 0 saturated carbocycles. The molecule has 0 fully saturated rings. The first kappa shape index (κ1) is 9.82. The molecule has 2 unspecified atom stereocenters. The van der Waals surface area contributed by atoms with Crippen molar-refractivity contribution in [1.82, 2.24) is 0 Å². The van der Waals surface area contributed by atoms with Crippen molar-refractivity contribution in [2.45, 2.75) is 0 Å². The van der Waals surface area contributed by atoms with Crippen LogP contribution in [0.4, 0.5) is 0 Å². The third-order valence-electron chi connectivity index (χ3n) is 0.434. The molecule has 7 heteroatoms. The summed E-state index contributed by atoms with van der Waals surface area (Å²) >= 11 is 0. The van der Waals surface area contributed by atoms with Crippen LogP contribution in [0.2, 0.25) is 0 Å². The second-order valence-corrected chi connectivity index (χ2v) is 2.96. The largest absolute Gasteiger partial charge is 0.748 e. The van der Waals surface area contributed by atoms with Gasteiger partial charge in [-0.15, -0.1) is 16.0 Å². The molecule has 0 spiro atoms. The van der Waals surface area contributed by atoms with Crippen LogP contribution in [-0.4, -0.2) is 11.5 Å². The van der Waals surface area contributed by atoms with Crippen LogP contribution in [0.3, 0.4) is 0 Å². The van der Waals surface area contributed by atoms with Gasteiger partial charge in [-0.1, -0.05) is 6.08 Å². The molecule has 0 aliphatic rings. The van der Waals surface area contributed by atoms with E-state index in [1.807, 2.05) is 0 Å². The SMILES string of the molecule is C=CCO[P+](=O)O[P+](=O)O. The lowest BCUT2D eigenvalue weighted by Crippen LogP contribution is -1.78. The van der Waals surface area contributed by atoms with E-state index in [4.69, 9.17) is 4.89 Å². The molecule has 0 bridgehead atoms. The van der Waals surface area contributed by atoms with E-state index in [-0.39, 0.29) is 6.61 Å². The molecule has 56 valence electrons. The van der Waals surface area contributed by atoms with Crippen LogP contribution in [0.15, 0.2) is 12.7 Å². The Morgan fingerprint density at radius 3 is 2.60 bits per heavy atom. The smallest absolute Gasteiger partial charge is 0.131 e. The molecule has 0 aliphatic heterocycles. The van der Waals surface area contributed by atoms with Gasteiger partial charge in [0.2, 0.25) is 0 Å². The van der Waals surface area contributed by atoms with Gasteiger partial charge in [-0.3, -0.25) is 0 Å². The summed E-state index contributed by atoms with van der Waals surface area (Å²) in [5, 5.41) is 0. The van der Waals surface area contributed by atoms with E-state index in [2.05, 4.69) is 15.4 Å². The molecule has 0 heterocycles. The third-order valence-corrected chi connectivity index (χ3v) is 1.89. The zero-order chi connectivity index (χ0) is 7.98. The minimum atomic E-state index is -2.85. The Morgan fingerprint density at radius 1 is 1.60 bits per heavy atom. The summed E-state index contributed by atoms with van der Waals surface area (Å²) in [6.45, 7) is 3.29. The highest BCUT2D eigenvalue weighted by molar-refractivity contribution is 7.47. The number of hydrogen-bond donors (Lipinski definition) is 1. The highest BCUT2D eigenvalue weighted by Gasteiger charge is 2.35. The van der Waals surface area contributed by atoms with Crippen LogP contribution in [0.25, 0.3) is 0 Å². The lowest BCUT2D eigenvalue weighted by molar-refractivity contribution is 0.307. The zero-order valence-corrected chi connectivity index (χ0v) is 6.76. The summed E-state index contributed by atoms with van der Waals surface area (Å²) in [5.41, 5.74) is 0. The van der Waals surface area contributed by atoms with Crippen LogP contribution >= 0.6 is 16.5 Å². The Labute approximate surface area is 59.6 Å². The van der Waals surface area contributed by atoms with Gasteiger partial charge < -0.3 is 0 Å². The Morgan fingerprint density at radius 2 is 2.20 bits per heavy atom. The summed E-state index contributed by atoms with van der Waals surface area (Å²) in [6, 6.07) is 0. The molecular weight excluding hydrogens is 178 g/mol. The molecule has 5 nitrogen and oxygen atoms in total. The van der Waals surface area contributed by atoms with Crippen molar-refractivity contribution in [2.24, 2.45) is 0 Å². The van der Waals surface area contributed by atoms with E-state index in [1.165, 1.54) is 6.08 Å². The minimum Gasteiger partial charge on any atom is -0.131 e. The molecule has 0 aromatic heterocycles. The van der Waals surface area contributed by atoms with Gasteiger partial charge in [0, 0.05) is 9.13 Å². The Kier molecular flexibility index (Phi) is 5.49. The summed E-state index contributed by atoms with van der Waals surface area (Å²) in [4.78, 5) is 8.02. The number of hydrogen-bond acceptors (Lipinski definition) is 4. The standard InChI is InChI=1S/C3H5O5P2/c1-2-3-7-10(6)8-9(4)5/h2H,1,3H2/q+1/p+1.